The number of benzene rings is 1. The molecule has 2 rings (SSSR count). The predicted molar refractivity (Wildman–Crippen MR) is 52.6 cm³/mol. The van der Waals surface area contributed by atoms with Gasteiger partial charge in [0.05, 0.1) is 18.3 Å². The van der Waals surface area contributed by atoms with Crippen molar-refractivity contribution in [3.8, 4) is 11.5 Å². The molecule has 5 heteroatoms. The molecule has 1 heterocycles. The maximum Gasteiger partial charge on any atom is 0.219 e. The van der Waals surface area contributed by atoms with E-state index in [-0.39, 0.29) is 11.5 Å². The molecule has 1 saturated heterocycles. The highest BCUT2D eigenvalue weighted by Crippen LogP contribution is 2.30. The molecule has 1 aliphatic rings. The van der Waals surface area contributed by atoms with E-state index in [0.29, 0.717) is 18.7 Å². The fourth-order valence-corrected chi connectivity index (χ4v) is 1.53. The van der Waals surface area contributed by atoms with Gasteiger partial charge in [-0.1, -0.05) is 0 Å². The molecule has 1 aliphatic heterocycles. The van der Waals surface area contributed by atoms with Crippen LogP contribution in [0, 0.1) is 0 Å². The average molecular weight is 213 g/mol. The number of phenolic OH excluding ortho intramolecular Hbond substituents is 2. The summed E-state index contributed by atoms with van der Waals surface area (Å²) in [5, 5.41) is 21.4. The zero-order valence-corrected chi connectivity index (χ0v) is 7.98. The van der Waals surface area contributed by atoms with Crippen LogP contribution in [0.5, 0.6) is 11.5 Å². The summed E-state index contributed by atoms with van der Waals surface area (Å²) in [4.78, 5) is 0. The molecule has 0 saturated carbocycles. The van der Waals surface area contributed by atoms with E-state index in [1.807, 2.05) is 0 Å². The third-order valence-corrected chi connectivity index (χ3v) is 2.34. The van der Waals surface area contributed by atoms with Crippen LogP contribution in [0.4, 0.5) is 10.1 Å². The molecule has 15 heavy (non-hydrogen) atoms. The van der Waals surface area contributed by atoms with E-state index in [2.05, 4.69) is 5.32 Å². The van der Waals surface area contributed by atoms with Gasteiger partial charge >= 0.3 is 0 Å². The van der Waals surface area contributed by atoms with E-state index >= 15 is 0 Å². The first-order valence-electron chi connectivity index (χ1n) is 4.71. The summed E-state index contributed by atoms with van der Waals surface area (Å²) < 4.78 is 17.8. The summed E-state index contributed by atoms with van der Waals surface area (Å²) in [7, 11) is 0. The lowest BCUT2D eigenvalue weighted by atomic mass is 10.2. The molecule has 0 spiro atoms. The first-order chi connectivity index (χ1) is 7.16. The number of aromatic hydroxyl groups is 2. The molecule has 0 bridgehead atoms. The number of halogens is 1. The van der Waals surface area contributed by atoms with E-state index in [4.69, 9.17) is 4.74 Å². The van der Waals surface area contributed by atoms with Crippen LogP contribution in [0.1, 0.15) is 6.42 Å². The number of ether oxygens (including phenoxy) is 1. The summed E-state index contributed by atoms with van der Waals surface area (Å²) in [6.07, 6.45) is -0.831. The van der Waals surface area contributed by atoms with Crippen LogP contribution in [0.3, 0.4) is 0 Å². The van der Waals surface area contributed by atoms with Gasteiger partial charge in [0.15, 0.2) is 0 Å². The Morgan fingerprint density at radius 3 is 2.87 bits per heavy atom. The fourth-order valence-electron chi connectivity index (χ4n) is 1.53. The molecule has 2 unspecified atom stereocenters. The van der Waals surface area contributed by atoms with Gasteiger partial charge in [0.1, 0.15) is 11.5 Å². The smallest absolute Gasteiger partial charge is 0.219 e. The minimum Gasteiger partial charge on any atom is -0.508 e. The molecule has 82 valence electrons. The molecule has 0 aliphatic carbocycles. The van der Waals surface area contributed by atoms with Gasteiger partial charge in [-0.2, -0.15) is 0 Å². The number of hydrogen-bond acceptors (Lipinski definition) is 4. The minimum absolute atomic E-state index is 0.0182. The first kappa shape index (κ1) is 10.0. The Hall–Kier alpha value is -1.49. The van der Waals surface area contributed by atoms with Gasteiger partial charge in [-0.25, -0.2) is 4.39 Å². The van der Waals surface area contributed by atoms with Gasteiger partial charge in [0.25, 0.3) is 0 Å². The molecule has 4 nitrogen and oxygen atoms in total. The maximum atomic E-state index is 13.1. The molecular weight excluding hydrogens is 201 g/mol. The van der Waals surface area contributed by atoms with Gasteiger partial charge in [-0.05, 0) is 18.6 Å². The molecule has 1 aromatic rings. The summed E-state index contributed by atoms with van der Waals surface area (Å²) >= 11 is 0. The van der Waals surface area contributed by atoms with Gasteiger partial charge in [0.2, 0.25) is 6.36 Å². The third kappa shape index (κ3) is 2.12. The Morgan fingerprint density at radius 2 is 2.20 bits per heavy atom. The summed E-state index contributed by atoms with van der Waals surface area (Å²) in [5.41, 5.74) is 0.313. The minimum atomic E-state index is -1.37. The largest absolute Gasteiger partial charge is 0.508 e. The maximum absolute atomic E-state index is 13.1. The normalized spacial score (nSPS) is 25.4. The first-order valence-corrected chi connectivity index (χ1v) is 4.71. The summed E-state index contributed by atoms with van der Waals surface area (Å²) in [6, 6.07) is 3.58. The van der Waals surface area contributed by atoms with Crippen LogP contribution in [-0.2, 0) is 4.74 Å². The zero-order chi connectivity index (χ0) is 10.8. The molecule has 0 radical (unpaired) electrons. The lowest BCUT2D eigenvalue weighted by Crippen LogP contribution is -2.25. The Balaban J connectivity index is 2.12. The fraction of sp³-hybridized carbons (Fsp3) is 0.400. The molecule has 0 amide bonds. The van der Waals surface area contributed by atoms with Crippen molar-refractivity contribution in [2.24, 2.45) is 0 Å². The number of alkyl halides is 1. The molecule has 1 fully saturated rings. The highest BCUT2D eigenvalue weighted by atomic mass is 19.1. The van der Waals surface area contributed by atoms with Crippen molar-refractivity contribution in [2.75, 3.05) is 11.9 Å². The predicted octanol–water partition coefficient (Wildman–Crippen LogP) is 1.59. The van der Waals surface area contributed by atoms with Gasteiger partial charge in [-0.3, -0.25) is 0 Å². The Labute approximate surface area is 86.3 Å². The van der Waals surface area contributed by atoms with Crippen molar-refractivity contribution in [1.82, 2.24) is 0 Å². The van der Waals surface area contributed by atoms with E-state index in [9.17, 15) is 14.6 Å². The summed E-state index contributed by atoms with van der Waals surface area (Å²) in [5.74, 6) is -0.00322. The van der Waals surface area contributed by atoms with Crippen molar-refractivity contribution in [1.29, 1.82) is 0 Å². The van der Waals surface area contributed by atoms with Crippen molar-refractivity contribution < 1.29 is 19.3 Å². The topological polar surface area (TPSA) is 61.7 Å². The Bertz CT molecular complexity index is 359. The molecule has 3 N–H and O–H groups in total. The number of phenols is 2. The van der Waals surface area contributed by atoms with Crippen LogP contribution in [0.25, 0.3) is 0 Å². The second-order valence-electron chi connectivity index (χ2n) is 3.46. The van der Waals surface area contributed by atoms with Gasteiger partial charge in [-0.15, -0.1) is 0 Å². The number of rotatable bonds is 2. The molecule has 2 atom stereocenters. The van der Waals surface area contributed by atoms with E-state index in [1.165, 1.54) is 18.2 Å². The van der Waals surface area contributed by atoms with E-state index in [0.717, 1.165) is 0 Å². The zero-order valence-electron chi connectivity index (χ0n) is 7.98. The number of nitrogens with one attached hydrogen (secondary N) is 1. The Kier molecular flexibility index (Phi) is 2.64. The van der Waals surface area contributed by atoms with Gasteiger partial charge in [0, 0.05) is 6.07 Å². The van der Waals surface area contributed by atoms with Crippen LogP contribution in [0.15, 0.2) is 18.2 Å². The molecule has 1 aromatic carbocycles. The number of hydrogen-bond donors (Lipinski definition) is 3. The quantitative estimate of drug-likeness (QED) is 0.515. The van der Waals surface area contributed by atoms with Crippen molar-refractivity contribution in [3.63, 3.8) is 0 Å². The highest BCUT2D eigenvalue weighted by molar-refractivity contribution is 5.59. The Morgan fingerprint density at radius 1 is 1.40 bits per heavy atom. The van der Waals surface area contributed by atoms with E-state index < -0.39 is 12.4 Å². The van der Waals surface area contributed by atoms with Gasteiger partial charge < -0.3 is 20.3 Å². The monoisotopic (exact) mass is 213 g/mol. The second-order valence-corrected chi connectivity index (χ2v) is 3.46. The van der Waals surface area contributed by atoms with Crippen LogP contribution < -0.4 is 5.32 Å². The SMILES string of the molecule is Oc1ccc(O)c(NC2CCOC2F)c1. The van der Waals surface area contributed by atoms with Crippen LogP contribution >= 0.6 is 0 Å². The van der Waals surface area contributed by atoms with Crippen molar-refractivity contribution in [2.45, 2.75) is 18.8 Å². The molecule has 0 aromatic heterocycles. The lowest BCUT2D eigenvalue weighted by Gasteiger charge is -2.15. The third-order valence-electron chi connectivity index (χ3n) is 2.34. The van der Waals surface area contributed by atoms with Crippen molar-refractivity contribution in [3.05, 3.63) is 18.2 Å². The lowest BCUT2D eigenvalue weighted by molar-refractivity contribution is 0.00459. The van der Waals surface area contributed by atoms with Crippen molar-refractivity contribution >= 4 is 5.69 Å². The highest BCUT2D eigenvalue weighted by Gasteiger charge is 2.28. The average Bonchev–Trinajstić information content (AvgIpc) is 2.58. The molecular formula is C10H12FNO3. The second kappa shape index (κ2) is 3.94. The van der Waals surface area contributed by atoms with E-state index in [1.54, 1.807) is 0 Å². The summed E-state index contributed by atoms with van der Waals surface area (Å²) in [6.45, 7) is 0.360. The van der Waals surface area contributed by atoms with Crippen LogP contribution in [0.2, 0.25) is 0 Å². The van der Waals surface area contributed by atoms with Crippen LogP contribution in [-0.4, -0.2) is 29.2 Å². The standard InChI is InChI=1S/C10H12FNO3/c11-10-7(3-4-15-10)12-8-5-6(13)1-2-9(8)14/h1-2,5,7,10,12-14H,3-4H2. The number of anilines is 1.